The Morgan fingerprint density at radius 1 is 1.29 bits per heavy atom. The normalized spacial score (nSPS) is 12.7. The van der Waals surface area contributed by atoms with E-state index in [1.54, 1.807) is 0 Å². The Labute approximate surface area is 115 Å². The van der Waals surface area contributed by atoms with Crippen LogP contribution >= 0.6 is 27.3 Å². The van der Waals surface area contributed by atoms with Gasteiger partial charge in [-0.2, -0.15) is 0 Å². The average molecular weight is 310 g/mol. The maximum atomic E-state index is 5.70. The molecule has 2 N–H and O–H groups in total. The molecule has 0 saturated carbocycles. The Morgan fingerprint density at radius 2 is 2.06 bits per heavy atom. The van der Waals surface area contributed by atoms with Crippen molar-refractivity contribution in [2.24, 2.45) is 5.73 Å². The van der Waals surface area contributed by atoms with Crippen LogP contribution in [0.1, 0.15) is 23.3 Å². The number of hydrogen-bond acceptors (Lipinski definition) is 2. The van der Waals surface area contributed by atoms with Gasteiger partial charge in [-0.05, 0) is 42.8 Å². The highest BCUT2D eigenvalue weighted by atomic mass is 79.9. The van der Waals surface area contributed by atoms with E-state index >= 15 is 0 Å². The van der Waals surface area contributed by atoms with Gasteiger partial charge in [-0.3, -0.25) is 0 Å². The van der Waals surface area contributed by atoms with Gasteiger partial charge in [0.05, 0.1) is 0 Å². The molecule has 1 heterocycles. The fourth-order valence-electron chi connectivity index (χ4n) is 1.64. The SMILES string of the molecule is Cc1ccc(-c2ccc(C(C)CN)s2)cc1Br. The summed E-state index contributed by atoms with van der Waals surface area (Å²) < 4.78 is 1.16. The quantitative estimate of drug-likeness (QED) is 0.884. The minimum atomic E-state index is 0.447. The van der Waals surface area contributed by atoms with Gasteiger partial charge in [0.15, 0.2) is 0 Å². The van der Waals surface area contributed by atoms with Crippen molar-refractivity contribution in [2.75, 3.05) is 6.54 Å². The first kappa shape index (κ1) is 12.8. The van der Waals surface area contributed by atoms with E-state index in [2.05, 4.69) is 60.1 Å². The number of thiophene rings is 1. The molecule has 0 aliphatic carbocycles. The van der Waals surface area contributed by atoms with Gasteiger partial charge in [-0.15, -0.1) is 11.3 Å². The van der Waals surface area contributed by atoms with E-state index in [1.165, 1.54) is 20.9 Å². The zero-order valence-electron chi connectivity index (χ0n) is 10.0. The van der Waals surface area contributed by atoms with Crippen LogP contribution in [-0.2, 0) is 0 Å². The molecule has 90 valence electrons. The van der Waals surface area contributed by atoms with Gasteiger partial charge < -0.3 is 5.73 Å². The van der Waals surface area contributed by atoms with E-state index in [4.69, 9.17) is 5.73 Å². The van der Waals surface area contributed by atoms with E-state index in [0.29, 0.717) is 12.5 Å². The molecule has 0 saturated heterocycles. The molecule has 0 fully saturated rings. The molecule has 17 heavy (non-hydrogen) atoms. The van der Waals surface area contributed by atoms with E-state index in [9.17, 15) is 0 Å². The minimum absolute atomic E-state index is 0.447. The molecule has 1 unspecified atom stereocenters. The van der Waals surface area contributed by atoms with Crippen molar-refractivity contribution in [1.29, 1.82) is 0 Å². The molecule has 1 aromatic carbocycles. The molecule has 1 atom stereocenters. The second kappa shape index (κ2) is 5.34. The molecule has 0 aliphatic rings. The predicted molar refractivity (Wildman–Crippen MR) is 79.7 cm³/mol. The highest BCUT2D eigenvalue weighted by molar-refractivity contribution is 9.10. The van der Waals surface area contributed by atoms with Crippen LogP contribution < -0.4 is 5.73 Å². The second-order valence-corrected chi connectivity index (χ2v) is 6.27. The number of rotatable bonds is 3. The highest BCUT2D eigenvalue weighted by Crippen LogP contribution is 2.33. The fraction of sp³-hybridized carbons (Fsp3) is 0.286. The van der Waals surface area contributed by atoms with Crippen molar-refractivity contribution in [1.82, 2.24) is 0 Å². The summed E-state index contributed by atoms with van der Waals surface area (Å²) >= 11 is 5.41. The van der Waals surface area contributed by atoms with Gasteiger partial charge in [-0.1, -0.05) is 35.0 Å². The Bertz CT molecular complexity index is 519. The maximum absolute atomic E-state index is 5.70. The Balaban J connectivity index is 2.33. The largest absolute Gasteiger partial charge is 0.330 e. The molecule has 1 nitrogen and oxygen atoms in total. The molecule has 2 aromatic rings. The molecule has 3 heteroatoms. The van der Waals surface area contributed by atoms with Crippen LogP contribution in [-0.4, -0.2) is 6.54 Å². The first-order valence-electron chi connectivity index (χ1n) is 5.68. The summed E-state index contributed by atoms with van der Waals surface area (Å²) in [7, 11) is 0. The third-order valence-electron chi connectivity index (χ3n) is 2.92. The van der Waals surface area contributed by atoms with Crippen LogP contribution in [0.25, 0.3) is 10.4 Å². The lowest BCUT2D eigenvalue weighted by Gasteiger charge is -2.04. The molecular weight excluding hydrogens is 294 g/mol. The van der Waals surface area contributed by atoms with Crippen LogP contribution in [0.15, 0.2) is 34.8 Å². The van der Waals surface area contributed by atoms with Crippen molar-refractivity contribution in [2.45, 2.75) is 19.8 Å². The number of aryl methyl sites for hydroxylation is 1. The number of nitrogens with two attached hydrogens (primary N) is 1. The van der Waals surface area contributed by atoms with Crippen molar-refractivity contribution in [3.05, 3.63) is 45.2 Å². The topological polar surface area (TPSA) is 26.0 Å². The van der Waals surface area contributed by atoms with E-state index in [0.717, 1.165) is 4.47 Å². The summed E-state index contributed by atoms with van der Waals surface area (Å²) in [5, 5.41) is 0. The van der Waals surface area contributed by atoms with Crippen LogP contribution in [0.4, 0.5) is 0 Å². The monoisotopic (exact) mass is 309 g/mol. The summed E-state index contributed by atoms with van der Waals surface area (Å²) in [6.07, 6.45) is 0. The molecule has 0 radical (unpaired) electrons. The molecule has 2 rings (SSSR count). The van der Waals surface area contributed by atoms with Crippen LogP contribution in [0.5, 0.6) is 0 Å². The zero-order valence-corrected chi connectivity index (χ0v) is 12.4. The standard InChI is InChI=1S/C14H16BrNS/c1-9-3-4-11(7-12(9)15)14-6-5-13(17-14)10(2)8-16/h3-7,10H,8,16H2,1-2H3. The molecular formula is C14H16BrNS. The second-order valence-electron chi connectivity index (χ2n) is 4.30. The van der Waals surface area contributed by atoms with Crippen molar-refractivity contribution in [3.8, 4) is 10.4 Å². The first-order valence-corrected chi connectivity index (χ1v) is 7.29. The van der Waals surface area contributed by atoms with Gasteiger partial charge in [-0.25, -0.2) is 0 Å². The summed E-state index contributed by atoms with van der Waals surface area (Å²) in [6.45, 7) is 4.97. The van der Waals surface area contributed by atoms with Gasteiger partial charge in [0.2, 0.25) is 0 Å². The summed E-state index contributed by atoms with van der Waals surface area (Å²) in [6, 6.07) is 10.9. The lowest BCUT2D eigenvalue weighted by atomic mass is 10.1. The van der Waals surface area contributed by atoms with Crippen LogP contribution in [0.2, 0.25) is 0 Å². The van der Waals surface area contributed by atoms with Crippen molar-refractivity contribution >= 4 is 27.3 Å². The third kappa shape index (κ3) is 2.79. The molecule has 0 amide bonds. The summed E-state index contributed by atoms with van der Waals surface area (Å²) in [5.74, 6) is 0.447. The van der Waals surface area contributed by atoms with Gasteiger partial charge >= 0.3 is 0 Å². The third-order valence-corrected chi connectivity index (χ3v) is 5.14. The van der Waals surface area contributed by atoms with Crippen LogP contribution in [0, 0.1) is 6.92 Å². The number of benzene rings is 1. The molecule has 1 aromatic heterocycles. The Morgan fingerprint density at radius 3 is 2.71 bits per heavy atom. The lowest BCUT2D eigenvalue weighted by Crippen LogP contribution is -2.06. The fourth-order valence-corrected chi connectivity index (χ4v) is 3.08. The van der Waals surface area contributed by atoms with E-state index in [1.807, 2.05) is 11.3 Å². The lowest BCUT2D eigenvalue weighted by molar-refractivity contribution is 0.790. The van der Waals surface area contributed by atoms with Gasteiger partial charge in [0.1, 0.15) is 0 Å². The van der Waals surface area contributed by atoms with Gasteiger partial charge in [0.25, 0.3) is 0 Å². The number of hydrogen-bond donors (Lipinski definition) is 1. The van der Waals surface area contributed by atoms with Crippen LogP contribution in [0.3, 0.4) is 0 Å². The van der Waals surface area contributed by atoms with Crippen molar-refractivity contribution in [3.63, 3.8) is 0 Å². The molecule has 0 spiro atoms. The molecule has 0 bridgehead atoms. The Kier molecular flexibility index (Phi) is 4.02. The maximum Gasteiger partial charge on any atom is 0.0346 e. The average Bonchev–Trinajstić information content (AvgIpc) is 2.81. The summed E-state index contributed by atoms with van der Waals surface area (Å²) in [5.41, 5.74) is 8.23. The predicted octanol–water partition coefficient (Wildman–Crippen LogP) is 4.55. The minimum Gasteiger partial charge on any atom is -0.330 e. The zero-order chi connectivity index (χ0) is 12.4. The highest BCUT2D eigenvalue weighted by Gasteiger charge is 2.08. The summed E-state index contributed by atoms with van der Waals surface area (Å²) in [4.78, 5) is 2.67. The van der Waals surface area contributed by atoms with E-state index in [-0.39, 0.29) is 0 Å². The smallest absolute Gasteiger partial charge is 0.0346 e. The number of halogens is 1. The Hall–Kier alpha value is -0.640. The van der Waals surface area contributed by atoms with Gasteiger partial charge in [0, 0.05) is 20.1 Å². The molecule has 0 aliphatic heterocycles. The first-order chi connectivity index (χ1) is 8.11. The van der Waals surface area contributed by atoms with Crippen molar-refractivity contribution < 1.29 is 0 Å². The van der Waals surface area contributed by atoms with E-state index < -0.39 is 0 Å².